The zero-order valence-electron chi connectivity index (χ0n) is 19.2. The predicted molar refractivity (Wildman–Crippen MR) is 141 cm³/mol. The zero-order valence-corrected chi connectivity index (χ0v) is 20.8. The van der Waals surface area contributed by atoms with Crippen LogP contribution in [0, 0.1) is 0 Å². The average molecular weight is 509 g/mol. The summed E-state index contributed by atoms with van der Waals surface area (Å²) < 4.78 is 7.53. The molecule has 3 aromatic rings. The van der Waals surface area contributed by atoms with Crippen molar-refractivity contribution in [2.75, 3.05) is 6.61 Å². The highest BCUT2D eigenvalue weighted by atomic mass is 35.5. The van der Waals surface area contributed by atoms with E-state index in [-0.39, 0.29) is 10.7 Å². The van der Waals surface area contributed by atoms with Gasteiger partial charge in [-0.3, -0.25) is 20.2 Å². The van der Waals surface area contributed by atoms with Crippen LogP contribution < -0.4 is 15.4 Å². The van der Waals surface area contributed by atoms with E-state index in [4.69, 9.17) is 33.7 Å². The van der Waals surface area contributed by atoms with Crippen molar-refractivity contribution < 1.29 is 14.3 Å². The molecule has 2 N–H and O–H groups in total. The number of unbranched alkanes of at least 4 members (excludes halogenated alkanes) is 3. The number of aromatic nitrogens is 2. The molecule has 1 aromatic heterocycles. The van der Waals surface area contributed by atoms with E-state index in [0.717, 1.165) is 29.8 Å². The summed E-state index contributed by atoms with van der Waals surface area (Å²) in [5.74, 6) is -0.339. The molecular formula is C26H25ClN4O3S. The number of nitrogens with zero attached hydrogens (tertiary/aromatic N) is 2. The quantitative estimate of drug-likeness (QED) is 0.182. The van der Waals surface area contributed by atoms with Gasteiger partial charge in [0.25, 0.3) is 11.8 Å². The number of halogens is 1. The van der Waals surface area contributed by atoms with Crippen LogP contribution in [0.4, 0.5) is 0 Å². The fourth-order valence-electron chi connectivity index (χ4n) is 3.63. The van der Waals surface area contributed by atoms with Crippen LogP contribution in [-0.4, -0.2) is 33.3 Å². The highest BCUT2D eigenvalue weighted by molar-refractivity contribution is 7.80. The summed E-state index contributed by atoms with van der Waals surface area (Å²) in [4.78, 5) is 24.8. The molecule has 2 heterocycles. The van der Waals surface area contributed by atoms with E-state index < -0.39 is 11.8 Å². The van der Waals surface area contributed by atoms with Gasteiger partial charge in [-0.25, -0.2) is 4.68 Å². The van der Waals surface area contributed by atoms with Crippen LogP contribution in [0.25, 0.3) is 23.0 Å². The molecule has 0 unspecified atom stereocenters. The van der Waals surface area contributed by atoms with Gasteiger partial charge in [0, 0.05) is 22.3 Å². The maximum atomic E-state index is 12.4. The normalized spacial score (nSPS) is 13.4. The molecule has 0 atom stereocenters. The average Bonchev–Trinajstić information content (AvgIpc) is 3.26. The highest BCUT2D eigenvalue weighted by Gasteiger charge is 2.26. The van der Waals surface area contributed by atoms with Gasteiger partial charge in [-0.05, 0) is 73.2 Å². The van der Waals surface area contributed by atoms with Crippen molar-refractivity contribution >= 4 is 46.8 Å². The topological polar surface area (TPSA) is 85.2 Å². The molecule has 2 aromatic carbocycles. The van der Waals surface area contributed by atoms with Gasteiger partial charge in [-0.1, -0.05) is 37.8 Å². The maximum absolute atomic E-state index is 12.4. The zero-order chi connectivity index (χ0) is 24.8. The number of rotatable bonds is 9. The molecule has 1 saturated heterocycles. The molecule has 0 saturated carbocycles. The van der Waals surface area contributed by atoms with Crippen LogP contribution in [-0.2, 0) is 9.59 Å². The summed E-state index contributed by atoms with van der Waals surface area (Å²) in [6.45, 7) is 2.86. The van der Waals surface area contributed by atoms with E-state index in [2.05, 4.69) is 17.6 Å². The molecular weight excluding hydrogens is 484 g/mol. The first-order chi connectivity index (χ1) is 16.9. The molecule has 0 spiro atoms. The lowest BCUT2D eigenvalue weighted by Crippen LogP contribution is -2.51. The number of carbonyl (C=O) groups excluding carboxylic acids is 2. The van der Waals surface area contributed by atoms with Crippen molar-refractivity contribution in [3.05, 3.63) is 70.9 Å². The second kappa shape index (κ2) is 11.3. The van der Waals surface area contributed by atoms with Crippen LogP contribution in [0.2, 0.25) is 5.02 Å². The second-order valence-electron chi connectivity index (χ2n) is 8.08. The van der Waals surface area contributed by atoms with Gasteiger partial charge in [0.05, 0.1) is 18.0 Å². The van der Waals surface area contributed by atoms with Crippen molar-refractivity contribution in [2.45, 2.75) is 32.6 Å². The second-order valence-corrected chi connectivity index (χ2v) is 8.93. The lowest BCUT2D eigenvalue weighted by molar-refractivity contribution is -0.123. The van der Waals surface area contributed by atoms with Gasteiger partial charge >= 0.3 is 0 Å². The molecule has 9 heteroatoms. The minimum absolute atomic E-state index is 0.0143. The Kier molecular flexibility index (Phi) is 7.94. The van der Waals surface area contributed by atoms with Gasteiger partial charge < -0.3 is 4.74 Å². The molecule has 0 aliphatic carbocycles. The summed E-state index contributed by atoms with van der Waals surface area (Å²) in [5, 5.41) is 10.2. The third-order valence-corrected chi connectivity index (χ3v) is 5.93. The van der Waals surface area contributed by atoms with E-state index in [1.165, 1.54) is 18.9 Å². The lowest BCUT2D eigenvalue weighted by Gasteiger charge is -2.16. The third-order valence-electron chi connectivity index (χ3n) is 5.47. The molecule has 180 valence electrons. The van der Waals surface area contributed by atoms with E-state index in [0.29, 0.717) is 22.9 Å². The molecule has 35 heavy (non-hydrogen) atoms. The largest absolute Gasteiger partial charge is 0.494 e. The number of hydrogen-bond donors (Lipinski definition) is 2. The predicted octanol–water partition coefficient (Wildman–Crippen LogP) is 5.07. The Morgan fingerprint density at radius 2 is 1.69 bits per heavy atom. The smallest absolute Gasteiger partial charge is 0.263 e. The number of hydrogen-bond acceptors (Lipinski definition) is 5. The van der Waals surface area contributed by atoms with Crippen molar-refractivity contribution in [3.8, 4) is 22.7 Å². The monoisotopic (exact) mass is 508 g/mol. The Labute approximate surface area is 214 Å². The highest BCUT2D eigenvalue weighted by Crippen LogP contribution is 2.28. The fourth-order valence-corrected chi connectivity index (χ4v) is 3.94. The van der Waals surface area contributed by atoms with Crippen molar-refractivity contribution in [1.29, 1.82) is 0 Å². The number of nitrogens with one attached hydrogen (secondary N) is 2. The van der Waals surface area contributed by atoms with E-state index in [1.54, 1.807) is 23.0 Å². The Balaban J connectivity index is 1.65. The van der Waals surface area contributed by atoms with Crippen LogP contribution in [0.15, 0.2) is 60.3 Å². The first-order valence-electron chi connectivity index (χ1n) is 11.4. The molecule has 2 amide bonds. The van der Waals surface area contributed by atoms with Gasteiger partial charge in [0.1, 0.15) is 11.3 Å². The molecule has 7 nitrogen and oxygen atoms in total. The van der Waals surface area contributed by atoms with Crippen molar-refractivity contribution in [1.82, 2.24) is 20.4 Å². The Morgan fingerprint density at radius 1 is 1.00 bits per heavy atom. The van der Waals surface area contributed by atoms with Crippen LogP contribution >= 0.6 is 23.8 Å². The number of amides is 2. The van der Waals surface area contributed by atoms with E-state index in [1.807, 2.05) is 36.4 Å². The van der Waals surface area contributed by atoms with E-state index in [9.17, 15) is 9.59 Å². The van der Waals surface area contributed by atoms with Gasteiger partial charge in [0.2, 0.25) is 0 Å². The first kappa shape index (κ1) is 24.6. The molecule has 0 bridgehead atoms. The standard InChI is InChI=1S/C26H25ClN4O3S/c1-2-3-4-5-14-34-21-12-6-17(7-13-21)23-18(15-22-24(32)28-26(35)29-25(22)33)16-31(30-23)20-10-8-19(27)9-11-20/h6-13,15-16H,2-5,14H2,1H3,(H2,28,29,32,33,35). The minimum atomic E-state index is -0.559. The number of thiocarbonyl (C=S) groups is 1. The molecule has 1 fully saturated rings. The number of carbonyl (C=O) groups is 2. The van der Waals surface area contributed by atoms with Crippen molar-refractivity contribution in [2.24, 2.45) is 0 Å². The van der Waals surface area contributed by atoms with Gasteiger partial charge in [-0.15, -0.1) is 0 Å². The molecule has 1 aliphatic heterocycles. The summed E-state index contributed by atoms with van der Waals surface area (Å²) >= 11 is 10.9. The first-order valence-corrected chi connectivity index (χ1v) is 12.2. The lowest BCUT2D eigenvalue weighted by atomic mass is 10.0. The van der Waals surface area contributed by atoms with Crippen LogP contribution in [0.5, 0.6) is 5.75 Å². The molecule has 0 radical (unpaired) electrons. The summed E-state index contributed by atoms with van der Waals surface area (Å²) in [6, 6.07) is 14.8. The molecule has 4 rings (SSSR count). The van der Waals surface area contributed by atoms with Crippen LogP contribution in [0.3, 0.4) is 0 Å². The minimum Gasteiger partial charge on any atom is -0.494 e. The SMILES string of the molecule is CCCCCCOc1ccc(-c2nn(-c3ccc(Cl)cc3)cc2C=C2C(=O)NC(=S)NC2=O)cc1. The Bertz CT molecular complexity index is 1240. The number of ether oxygens (including phenoxy) is 1. The summed E-state index contributed by atoms with van der Waals surface area (Å²) in [6.07, 6.45) is 7.84. The Morgan fingerprint density at radius 3 is 2.34 bits per heavy atom. The number of benzene rings is 2. The Hall–Kier alpha value is -3.49. The van der Waals surface area contributed by atoms with Gasteiger partial charge in [0.15, 0.2) is 5.11 Å². The molecule has 1 aliphatic rings. The van der Waals surface area contributed by atoms with Gasteiger partial charge in [-0.2, -0.15) is 5.10 Å². The fraction of sp³-hybridized carbons (Fsp3) is 0.231. The van der Waals surface area contributed by atoms with E-state index >= 15 is 0 Å². The summed E-state index contributed by atoms with van der Waals surface area (Å²) in [5.41, 5.74) is 2.75. The third kappa shape index (κ3) is 6.15. The van der Waals surface area contributed by atoms with Crippen LogP contribution in [0.1, 0.15) is 38.2 Å². The van der Waals surface area contributed by atoms with Crippen molar-refractivity contribution in [3.63, 3.8) is 0 Å². The maximum Gasteiger partial charge on any atom is 0.263 e. The summed E-state index contributed by atoms with van der Waals surface area (Å²) in [7, 11) is 0.